The summed E-state index contributed by atoms with van der Waals surface area (Å²) in [6, 6.07) is 4.96. The molecule has 1 aliphatic carbocycles. The van der Waals surface area contributed by atoms with Crippen molar-refractivity contribution >= 4 is 17.3 Å². The van der Waals surface area contributed by atoms with E-state index in [9.17, 15) is 14.9 Å². The summed E-state index contributed by atoms with van der Waals surface area (Å²) in [6.45, 7) is 2.61. The highest BCUT2D eigenvalue weighted by Crippen LogP contribution is 2.29. The third kappa shape index (κ3) is 3.21. The molecule has 1 aromatic rings. The first-order valence-corrected chi connectivity index (χ1v) is 6.45. The fraction of sp³-hybridized carbons (Fsp3) is 0.462. The highest BCUT2D eigenvalue weighted by atomic mass is 16.6. The number of carbonyl (C=O) groups excluding carboxylic acids is 1. The third-order valence-corrected chi connectivity index (χ3v) is 2.94. The van der Waals surface area contributed by atoms with Gasteiger partial charge in [0.25, 0.3) is 5.91 Å². The number of para-hydroxylation sites is 1. The van der Waals surface area contributed by atoms with Crippen LogP contribution < -0.4 is 10.6 Å². The van der Waals surface area contributed by atoms with Crippen molar-refractivity contribution in [2.45, 2.75) is 32.2 Å². The lowest BCUT2D eigenvalue weighted by molar-refractivity contribution is -0.384. The number of benzene rings is 1. The van der Waals surface area contributed by atoms with Crippen molar-refractivity contribution in [3.8, 4) is 0 Å². The summed E-state index contributed by atoms with van der Waals surface area (Å²) >= 11 is 0. The standard InChI is InChI=1S/C13H17N3O3/c1-2-8-14-11-5-3-4-10(12(11)16(18)19)13(17)15-9-6-7-9/h3-5,9,14H,2,6-8H2,1H3,(H,15,17). The summed E-state index contributed by atoms with van der Waals surface area (Å²) in [7, 11) is 0. The van der Waals surface area contributed by atoms with E-state index >= 15 is 0 Å². The Morgan fingerprint density at radius 1 is 1.47 bits per heavy atom. The SMILES string of the molecule is CCCNc1cccc(C(=O)NC2CC2)c1[N+](=O)[O-]. The van der Waals surface area contributed by atoms with Crippen LogP contribution in [0.25, 0.3) is 0 Å². The van der Waals surface area contributed by atoms with Crippen molar-refractivity contribution in [2.24, 2.45) is 0 Å². The van der Waals surface area contributed by atoms with E-state index in [-0.39, 0.29) is 23.2 Å². The molecule has 0 aromatic heterocycles. The van der Waals surface area contributed by atoms with Crippen molar-refractivity contribution < 1.29 is 9.72 Å². The maximum Gasteiger partial charge on any atom is 0.305 e. The molecule has 1 aromatic carbocycles. The first-order valence-electron chi connectivity index (χ1n) is 6.45. The van der Waals surface area contributed by atoms with Crippen LogP contribution in [-0.4, -0.2) is 23.4 Å². The van der Waals surface area contributed by atoms with Crippen molar-refractivity contribution in [3.05, 3.63) is 33.9 Å². The van der Waals surface area contributed by atoms with Gasteiger partial charge in [0.1, 0.15) is 11.3 Å². The second-order valence-electron chi connectivity index (χ2n) is 4.63. The molecule has 2 N–H and O–H groups in total. The van der Waals surface area contributed by atoms with Gasteiger partial charge in [-0.2, -0.15) is 0 Å². The van der Waals surface area contributed by atoms with Crippen LogP contribution in [-0.2, 0) is 0 Å². The number of hydrogen-bond acceptors (Lipinski definition) is 4. The van der Waals surface area contributed by atoms with Gasteiger partial charge in [0.2, 0.25) is 0 Å². The summed E-state index contributed by atoms with van der Waals surface area (Å²) in [4.78, 5) is 22.7. The van der Waals surface area contributed by atoms with Crippen LogP contribution in [0, 0.1) is 10.1 Å². The van der Waals surface area contributed by atoms with Crippen molar-refractivity contribution in [1.29, 1.82) is 0 Å². The monoisotopic (exact) mass is 263 g/mol. The molecule has 1 fully saturated rings. The van der Waals surface area contributed by atoms with Crippen LogP contribution in [0.4, 0.5) is 11.4 Å². The lowest BCUT2D eigenvalue weighted by Gasteiger charge is -2.09. The molecule has 0 heterocycles. The van der Waals surface area contributed by atoms with E-state index in [1.807, 2.05) is 6.92 Å². The van der Waals surface area contributed by atoms with Gasteiger partial charge in [0, 0.05) is 12.6 Å². The molecule has 1 saturated carbocycles. The summed E-state index contributed by atoms with van der Waals surface area (Å²) in [5.74, 6) is -0.366. The van der Waals surface area contributed by atoms with E-state index in [4.69, 9.17) is 0 Å². The number of nitrogens with zero attached hydrogens (tertiary/aromatic N) is 1. The minimum Gasteiger partial charge on any atom is -0.379 e. The molecule has 2 rings (SSSR count). The van der Waals surface area contributed by atoms with Crippen LogP contribution in [0.15, 0.2) is 18.2 Å². The molecule has 0 atom stereocenters. The fourth-order valence-corrected chi connectivity index (χ4v) is 1.82. The van der Waals surface area contributed by atoms with Crippen LogP contribution in [0.5, 0.6) is 0 Å². The first-order chi connectivity index (χ1) is 9.13. The Labute approximate surface area is 111 Å². The number of rotatable bonds is 6. The summed E-state index contributed by atoms with van der Waals surface area (Å²) in [6.07, 6.45) is 2.76. The van der Waals surface area contributed by atoms with Crippen LogP contribution in [0.2, 0.25) is 0 Å². The van der Waals surface area contributed by atoms with Gasteiger partial charge in [-0.25, -0.2) is 0 Å². The number of nitrogens with one attached hydrogen (secondary N) is 2. The predicted octanol–water partition coefficient (Wildman–Crippen LogP) is 2.31. The van der Waals surface area contributed by atoms with E-state index in [1.54, 1.807) is 12.1 Å². The first kappa shape index (κ1) is 13.3. The normalized spacial score (nSPS) is 13.9. The maximum atomic E-state index is 12.0. The molecule has 1 aliphatic rings. The maximum absolute atomic E-state index is 12.0. The number of amides is 1. The minimum atomic E-state index is -0.500. The largest absolute Gasteiger partial charge is 0.379 e. The van der Waals surface area contributed by atoms with Crippen molar-refractivity contribution in [3.63, 3.8) is 0 Å². The Morgan fingerprint density at radius 2 is 2.21 bits per heavy atom. The van der Waals surface area contributed by atoms with Gasteiger partial charge in [0.15, 0.2) is 0 Å². The van der Waals surface area contributed by atoms with Crippen molar-refractivity contribution in [2.75, 3.05) is 11.9 Å². The van der Waals surface area contributed by atoms with Gasteiger partial charge in [0.05, 0.1) is 4.92 Å². The number of nitro benzene ring substituents is 1. The average Bonchev–Trinajstić information content (AvgIpc) is 3.19. The van der Waals surface area contributed by atoms with Crippen LogP contribution >= 0.6 is 0 Å². The third-order valence-electron chi connectivity index (χ3n) is 2.94. The van der Waals surface area contributed by atoms with Crippen molar-refractivity contribution in [1.82, 2.24) is 5.32 Å². The Morgan fingerprint density at radius 3 is 2.79 bits per heavy atom. The van der Waals surface area contributed by atoms with E-state index in [1.165, 1.54) is 6.07 Å². The highest BCUT2D eigenvalue weighted by Gasteiger charge is 2.29. The zero-order valence-electron chi connectivity index (χ0n) is 10.8. The summed E-state index contributed by atoms with van der Waals surface area (Å²) in [5, 5.41) is 17.0. The molecule has 102 valence electrons. The lowest BCUT2D eigenvalue weighted by Crippen LogP contribution is -2.26. The number of hydrogen-bond donors (Lipinski definition) is 2. The molecule has 0 saturated heterocycles. The average molecular weight is 263 g/mol. The number of carbonyl (C=O) groups is 1. The van der Waals surface area contributed by atoms with E-state index in [0.717, 1.165) is 19.3 Å². The van der Waals surface area contributed by atoms with Gasteiger partial charge >= 0.3 is 5.69 Å². The summed E-state index contributed by atoms with van der Waals surface area (Å²) < 4.78 is 0. The molecule has 0 unspecified atom stereocenters. The molecule has 6 nitrogen and oxygen atoms in total. The second kappa shape index (κ2) is 5.69. The smallest absolute Gasteiger partial charge is 0.305 e. The minimum absolute atomic E-state index is 0.123. The Balaban J connectivity index is 2.29. The van der Waals surface area contributed by atoms with Gasteiger partial charge in [-0.05, 0) is 31.4 Å². The van der Waals surface area contributed by atoms with E-state index in [2.05, 4.69) is 10.6 Å². The molecule has 0 spiro atoms. The molecular weight excluding hydrogens is 246 g/mol. The number of anilines is 1. The molecule has 6 heteroatoms. The zero-order chi connectivity index (χ0) is 13.8. The Hall–Kier alpha value is -2.11. The van der Waals surface area contributed by atoms with Gasteiger partial charge in [-0.3, -0.25) is 14.9 Å². The zero-order valence-corrected chi connectivity index (χ0v) is 10.8. The molecule has 0 radical (unpaired) electrons. The van der Waals surface area contributed by atoms with E-state index in [0.29, 0.717) is 12.2 Å². The molecule has 1 amide bonds. The Kier molecular flexibility index (Phi) is 3.99. The lowest BCUT2D eigenvalue weighted by atomic mass is 10.1. The van der Waals surface area contributed by atoms with Gasteiger partial charge in [-0.1, -0.05) is 13.0 Å². The number of nitro groups is 1. The van der Waals surface area contributed by atoms with E-state index < -0.39 is 4.92 Å². The fourth-order valence-electron chi connectivity index (χ4n) is 1.82. The van der Waals surface area contributed by atoms with Gasteiger partial charge < -0.3 is 10.6 Å². The van der Waals surface area contributed by atoms with Gasteiger partial charge in [-0.15, -0.1) is 0 Å². The van der Waals surface area contributed by atoms with Crippen LogP contribution in [0.3, 0.4) is 0 Å². The topological polar surface area (TPSA) is 84.3 Å². The Bertz CT molecular complexity index is 498. The molecule has 19 heavy (non-hydrogen) atoms. The molecule has 0 aliphatic heterocycles. The predicted molar refractivity (Wildman–Crippen MR) is 72.4 cm³/mol. The molecule has 0 bridgehead atoms. The molecular formula is C13H17N3O3. The highest BCUT2D eigenvalue weighted by molar-refractivity contribution is 6.00. The van der Waals surface area contributed by atoms with Crippen LogP contribution in [0.1, 0.15) is 36.5 Å². The summed E-state index contributed by atoms with van der Waals surface area (Å²) in [5.41, 5.74) is 0.377. The second-order valence-corrected chi connectivity index (χ2v) is 4.63. The quantitative estimate of drug-likeness (QED) is 0.609.